The van der Waals surface area contributed by atoms with Crippen molar-refractivity contribution in [1.82, 2.24) is 19.8 Å². The number of fused-ring (bicyclic) bond motifs is 4. The van der Waals surface area contributed by atoms with Crippen LogP contribution >= 0.6 is 0 Å². The van der Waals surface area contributed by atoms with Crippen LogP contribution in [0.5, 0.6) is 5.88 Å². The first-order valence-corrected chi connectivity index (χ1v) is 13.5. The predicted molar refractivity (Wildman–Crippen MR) is 144 cm³/mol. The fourth-order valence-corrected chi connectivity index (χ4v) is 7.10. The third kappa shape index (κ3) is 3.99. The van der Waals surface area contributed by atoms with Crippen molar-refractivity contribution in [2.45, 2.75) is 57.2 Å². The van der Waals surface area contributed by atoms with Crippen LogP contribution in [0.2, 0.25) is 0 Å². The molecule has 4 fully saturated rings. The molecule has 0 spiro atoms. The van der Waals surface area contributed by atoms with Gasteiger partial charge in [-0.2, -0.15) is 0 Å². The van der Waals surface area contributed by atoms with Gasteiger partial charge in [-0.25, -0.2) is 4.98 Å². The number of pyridine rings is 1. The molecular weight excluding hydrogens is 432 g/mol. The minimum atomic E-state index is 0. The van der Waals surface area contributed by atoms with E-state index in [1.807, 2.05) is 0 Å². The molecule has 1 aromatic carbocycles. The Morgan fingerprint density at radius 2 is 1.94 bits per heavy atom. The molecule has 5 heteroatoms. The highest BCUT2D eigenvalue weighted by molar-refractivity contribution is 5.85. The first kappa shape index (κ1) is 22.8. The lowest BCUT2D eigenvalue weighted by molar-refractivity contribution is 0.0174. The minimum absolute atomic E-state index is 0. The molecule has 3 saturated carbocycles. The second-order valence-electron chi connectivity index (χ2n) is 10.8. The van der Waals surface area contributed by atoms with Gasteiger partial charge in [0.1, 0.15) is 6.10 Å². The quantitative estimate of drug-likeness (QED) is 0.459. The topological polar surface area (TPSA) is 44.4 Å². The molecule has 0 radical (unpaired) electrons. The Kier molecular flexibility index (Phi) is 6.15. The van der Waals surface area contributed by atoms with Gasteiger partial charge in [0.15, 0.2) is 0 Å². The Morgan fingerprint density at radius 1 is 1.11 bits per heavy atom. The van der Waals surface area contributed by atoms with E-state index in [1.165, 1.54) is 60.0 Å². The lowest BCUT2D eigenvalue weighted by Crippen LogP contribution is -2.53. The monoisotopic (exact) mass is 472 g/mol. The number of para-hydroxylation sites is 1. The van der Waals surface area contributed by atoms with Crippen molar-refractivity contribution < 1.29 is 6.16 Å². The van der Waals surface area contributed by atoms with Gasteiger partial charge in [-0.05, 0) is 67.7 Å². The highest BCUT2D eigenvalue weighted by atomic mass is 16.5. The lowest BCUT2D eigenvalue weighted by Gasteiger charge is -2.42. The van der Waals surface area contributed by atoms with Crippen LogP contribution in [-0.4, -0.2) is 58.1 Å². The minimum Gasteiger partial charge on any atom is -0.472 e. The van der Waals surface area contributed by atoms with Crippen LogP contribution in [-0.2, 0) is 6.42 Å². The number of hydrogen-bond donors (Lipinski definition) is 1. The Morgan fingerprint density at radius 3 is 2.66 bits per heavy atom. The molecule has 2 aromatic heterocycles. The second kappa shape index (κ2) is 9.44. The van der Waals surface area contributed by atoms with E-state index in [4.69, 9.17) is 9.72 Å². The highest BCUT2D eigenvalue weighted by Crippen LogP contribution is 2.53. The van der Waals surface area contributed by atoms with Gasteiger partial charge in [0, 0.05) is 56.0 Å². The van der Waals surface area contributed by atoms with Gasteiger partial charge in [-0.1, -0.05) is 31.2 Å². The Bertz CT molecular complexity index is 1170. The number of H-pyrrole nitrogens is 1. The molecule has 2 bridgehead atoms. The summed E-state index contributed by atoms with van der Waals surface area (Å²) in [4.78, 5) is 13.9. The van der Waals surface area contributed by atoms with Crippen LogP contribution in [0, 0.1) is 11.8 Å². The second-order valence-corrected chi connectivity index (χ2v) is 10.8. The maximum atomic E-state index is 6.16. The van der Waals surface area contributed by atoms with E-state index in [1.54, 1.807) is 0 Å². The number of nitrogens with one attached hydrogen (secondary N) is 1. The summed E-state index contributed by atoms with van der Waals surface area (Å²) < 4.78 is 6.16. The molecule has 186 valence electrons. The Labute approximate surface area is 210 Å². The first-order chi connectivity index (χ1) is 17.3. The number of hydrogen-bond acceptors (Lipinski definition) is 4. The average Bonchev–Trinajstić information content (AvgIpc) is 3.56. The van der Waals surface area contributed by atoms with Crippen molar-refractivity contribution in [3.05, 3.63) is 72.6 Å². The molecule has 1 saturated heterocycles. The molecular formula is C30H40N4O. The summed E-state index contributed by atoms with van der Waals surface area (Å²) in [5.41, 5.74) is 5.44. The summed E-state index contributed by atoms with van der Waals surface area (Å²) in [5, 5.41) is 1.39. The largest absolute Gasteiger partial charge is 0.472 e. The number of benzene rings is 1. The zero-order chi connectivity index (χ0) is 23.9. The van der Waals surface area contributed by atoms with Crippen molar-refractivity contribution in [3.8, 4) is 5.88 Å². The van der Waals surface area contributed by atoms with Crippen molar-refractivity contribution in [2.24, 2.45) is 11.8 Å². The van der Waals surface area contributed by atoms with Crippen molar-refractivity contribution in [2.75, 3.05) is 26.2 Å². The van der Waals surface area contributed by atoms with Crippen molar-refractivity contribution in [3.63, 3.8) is 0 Å². The van der Waals surface area contributed by atoms with Gasteiger partial charge in [0.05, 0.1) is 6.04 Å². The third-order valence-electron chi connectivity index (χ3n) is 8.71. The standard InChI is InChI=1S/C28H34N4O.C2H4.H2/c1-2-10-31-16-21(17-31)33-26-8-7-19(15-29-26)28-27-23(22-5-3-4-6-24(22)30-27)9-11-32(28)25-14-18-12-20(25)13-18;1-2;/h3-8,15,18,20-21,25,28,30H,2,9-14,16-17H2,1H3;1-2H2;1H/t18?,20?,25?,28-;;/m1../s1. The van der Waals surface area contributed by atoms with Crippen LogP contribution in [0.25, 0.3) is 10.9 Å². The van der Waals surface area contributed by atoms with Gasteiger partial charge in [-0.3, -0.25) is 9.80 Å². The molecule has 3 aromatic rings. The molecule has 1 unspecified atom stereocenters. The average molecular weight is 473 g/mol. The number of nitrogens with zero attached hydrogens (tertiary/aromatic N) is 3. The fraction of sp³-hybridized carbons (Fsp3) is 0.500. The van der Waals surface area contributed by atoms with E-state index in [9.17, 15) is 0 Å². The Hall–Kier alpha value is -2.63. The smallest absolute Gasteiger partial charge is 0.213 e. The first-order valence-electron chi connectivity index (χ1n) is 13.5. The van der Waals surface area contributed by atoms with Gasteiger partial charge in [0.25, 0.3) is 0 Å². The maximum absolute atomic E-state index is 6.16. The van der Waals surface area contributed by atoms with Crippen LogP contribution in [0.1, 0.15) is 56.9 Å². The van der Waals surface area contributed by atoms with E-state index < -0.39 is 0 Å². The zero-order valence-corrected chi connectivity index (χ0v) is 21.0. The normalized spacial score (nSPS) is 28.0. The number of aromatic nitrogens is 2. The Balaban J connectivity index is 0.000000869. The predicted octanol–water partition coefficient (Wildman–Crippen LogP) is 5.83. The zero-order valence-electron chi connectivity index (χ0n) is 21.0. The molecule has 35 heavy (non-hydrogen) atoms. The maximum Gasteiger partial charge on any atom is 0.213 e. The number of aromatic amines is 1. The summed E-state index contributed by atoms with van der Waals surface area (Å²) in [6.07, 6.45) is 8.96. The van der Waals surface area contributed by atoms with E-state index in [2.05, 4.69) is 77.5 Å². The van der Waals surface area contributed by atoms with Crippen molar-refractivity contribution >= 4 is 10.9 Å². The molecule has 5 nitrogen and oxygen atoms in total. The SMILES string of the molecule is C=C.CCCN1CC(Oc2ccc([C@@H]3c4[nH]c5ccccc5c4CCN3C3CC4CC3C4)cn2)C1.[HH]. The molecule has 8 rings (SSSR count). The molecule has 1 N–H and O–H groups in total. The lowest BCUT2D eigenvalue weighted by atomic mass is 9.83. The van der Waals surface area contributed by atoms with Gasteiger partial charge >= 0.3 is 0 Å². The van der Waals surface area contributed by atoms with Crippen LogP contribution in [0.3, 0.4) is 0 Å². The van der Waals surface area contributed by atoms with E-state index in [0.29, 0.717) is 0 Å². The molecule has 2 aliphatic heterocycles. The fourth-order valence-electron chi connectivity index (χ4n) is 7.10. The number of ether oxygens (including phenoxy) is 1. The van der Waals surface area contributed by atoms with Crippen LogP contribution < -0.4 is 4.74 Å². The van der Waals surface area contributed by atoms with Gasteiger partial charge < -0.3 is 9.72 Å². The number of rotatable bonds is 6. The molecule has 4 heterocycles. The van der Waals surface area contributed by atoms with Crippen molar-refractivity contribution in [1.29, 1.82) is 0 Å². The summed E-state index contributed by atoms with van der Waals surface area (Å²) in [5.74, 6) is 2.62. The van der Waals surface area contributed by atoms with E-state index in [-0.39, 0.29) is 13.6 Å². The number of likely N-dealkylation sites (tertiary alicyclic amines) is 1. The molecule has 3 aliphatic carbocycles. The highest BCUT2D eigenvalue weighted by Gasteiger charge is 2.49. The molecule has 5 aliphatic rings. The van der Waals surface area contributed by atoms with Gasteiger partial charge in [0.2, 0.25) is 5.88 Å². The van der Waals surface area contributed by atoms with Crippen LogP contribution in [0.15, 0.2) is 55.8 Å². The molecule has 2 atom stereocenters. The van der Waals surface area contributed by atoms with E-state index >= 15 is 0 Å². The summed E-state index contributed by atoms with van der Waals surface area (Å²) in [7, 11) is 0. The van der Waals surface area contributed by atoms with Gasteiger partial charge in [-0.15, -0.1) is 13.2 Å². The van der Waals surface area contributed by atoms with Crippen LogP contribution in [0.4, 0.5) is 0 Å². The molecule has 0 amide bonds. The summed E-state index contributed by atoms with van der Waals surface area (Å²) >= 11 is 0. The summed E-state index contributed by atoms with van der Waals surface area (Å²) in [6, 6.07) is 14.1. The third-order valence-corrected chi connectivity index (χ3v) is 8.71. The van der Waals surface area contributed by atoms with E-state index in [0.717, 1.165) is 49.8 Å². The summed E-state index contributed by atoms with van der Waals surface area (Å²) in [6.45, 7) is 12.6.